The van der Waals surface area contributed by atoms with E-state index in [9.17, 15) is 29.1 Å². The first-order valence-corrected chi connectivity index (χ1v) is 15.4. The molecule has 1 spiro atoms. The third-order valence-corrected chi connectivity index (χ3v) is 9.94. The third-order valence-electron chi connectivity index (χ3n) is 9.94. The molecule has 2 saturated carbocycles. The Balaban J connectivity index is 1.80. The van der Waals surface area contributed by atoms with E-state index in [-0.39, 0.29) is 17.5 Å². The fraction of sp³-hybridized carbons (Fsp3) is 0.514. The highest BCUT2D eigenvalue weighted by Crippen LogP contribution is 2.69. The van der Waals surface area contributed by atoms with Crippen molar-refractivity contribution in [3.8, 4) is 0 Å². The first kappa shape index (κ1) is 34.1. The van der Waals surface area contributed by atoms with Gasteiger partial charge in [0.15, 0.2) is 24.4 Å². The number of carbonyl (C=O) groups excluding carboxylic acids is 5. The van der Waals surface area contributed by atoms with Gasteiger partial charge in [0.25, 0.3) is 0 Å². The van der Waals surface area contributed by atoms with Crippen molar-refractivity contribution in [1.29, 1.82) is 0 Å². The SMILES string of the molecule is CC(=O)O[C@@H]1[C@H](OC(=O)c2ccccc2)[C@@]2(C)[C@@H](OC(=O)c3ccccc3)[C@@H](OC(C)=O)C3CC2(OC3(C)C)[C@@](C)(O)[C@H]1OC(C)=O. The summed E-state index contributed by atoms with van der Waals surface area (Å²) in [5.74, 6) is -4.63. The average molecular weight is 653 g/mol. The Kier molecular flexibility index (Phi) is 8.74. The number of benzene rings is 2. The van der Waals surface area contributed by atoms with E-state index < -0.39 is 88.5 Å². The molecular weight excluding hydrogens is 612 g/mol. The largest absolute Gasteiger partial charge is 0.458 e. The molecular formula is C35H40O12. The maximum Gasteiger partial charge on any atom is 0.338 e. The van der Waals surface area contributed by atoms with Crippen LogP contribution in [-0.2, 0) is 42.8 Å². The lowest BCUT2D eigenvalue weighted by atomic mass is 9.46. The van der Waals surface area contributed by atoms with Gasteiger partial charge in [-0.15, -0.1) is 0 Å². The summed E-state index contributed by atoms with van der Waals surface area (Å²) in [6.07, 6.45) is -7.47. The standard InChI is InChI=1S/C35H40O12/c1-19(36)42-25-24-18-35(47-32(24,4)5)33(6,27(25)45-30(39)22-14-10-8-11-15-22)28(46-31(40)23-16-12-9-13-17-23)26(43-20(2)37)29(34(35,7)41)44-21(3)38/h8-17,24-29,41H,18H2,1-7H3/t24?,25-,26+,27-,28-,29-,33+,34-,35?/m0/s1. The second-order valence-corrected chi connectivity index (χ2v) is 13.3. The van der Waals surface area contributed by atoms with Crippen LogP contribution >= 0.6 is 0 Å². The van der Waals surface area contributed by atoms with Crippen LogP contribution < -0.4 is 0 Å². The van der Waals surface area contributed by atoms with E-state index in [1.165, 1.54) is 26.0 Å². The van der Waals surface area contributed by atoms with Gasteiger partial charge in [-0.05, 0) is 58.4 Å². The molecule has 2 aromatic carbocycles. The first-order valence-electron chi connectivity index (χ1n) is 15.4. The van der Waals surface area contributed by atoms with E-state index in [1.807, 2.05) is 0 Å². The zero-order valence-corrected chi connectivity index (χ0v) is 27.4. The van der Waals surface area contributed by atoms with Crippen LogP contribution in [0.25, 0.3) is 0 Å². The van der Waals surface area contributed by atoms with Gasteiger partial charge in [0.2, 0.25) is 0 Å². The van der Waals surface area contributed by atoms with Crippen molar-refractivity contribution < 1.29 is 57.5 Å². The molecule has 1 aliphatic heterocycles. The number of aliphatic hydroxyl groups is 1. The molecule has 252 valence electrons. The van der Waals surface area contributed by atoms with Crippen LogP contribution in [-0.4, -0.2) is 82.3 Å². The van der Waals surface area contributed by atoms with Crippen molar-refractivity contribution in [1.82, 2.24) is 0 Å². The Bertz CT molecular complexity index is 1550. The summed E-state index contributed by atoms with van der Waals surface area (Å²) in [5.41, 5.74) is -6.59. The molecule has 1 saturated heterocycles. The van der Waals surface area contributed by atoms with Crippen LogP contribution in [0.2, 0.25) is 0 Å². The smallest absolute Gasteiger partial charge is 0.338 e. The highest BCUT2D eigenvalue weighted by atomic mass is 16.6. The number of fused-ring (bicyclic) bond motifs is 1. The fourth-order valence-corrected chi connectivity index (χ4v) is 7.95. The number of esters is 5. The van der Waals surface area contributed by atoms with Crippen LogP contribution in [0.15, 0.2) is 60.7 Å². The van der Waals surface area contributed by atoms with Crippen LogP contribution in [0, 0.1) is 11.3 Å². The molecule has 12 heteroatoms. The van der Waals surface area contributed by atoms with Crippen molar-refractivity contribution in [2.24, 2.45) is 11.3 Å². The van der Waals surface area contributed by atoms with Crippen molar-refractivity contribution in [3.63, 3.8) is 0 Å². The maximum atomic E-state index is 13.8. The molecule has 1 N–H and O–H groups in total. The number of ether oxygens (including phenoxy) is 6. The molecule has 0 amide bonds. The zero-order chi connectivity index (χ0) is 34.5. The van der Waals surface area contributed by atoms with Gasteiger partial charge in [0, 0.05) is 26.7 Å². The Morgan fingerprint density at radius 3 is 1.51 bits per heavy atom. The van der Waals surface area contributed by atoms with Crippen molar-refractivity contribution >= 4 is 29.8 Å². The molecule has 12 nitrogen and oxygen atoms in total. The molecule has 2 bridgehead atoms. The summed E-state index contributed by atoms with van der Waals surface area (Å²) in [6, 6.07) is 16.1. The molecule has 2 unspecified atom stereocenters. The van der Waals surface area contributed by atoms with E-state index in [4.69, 9.17) is 28.4 Å². The average Bonchev–Trinajstić information content (AvgIpc) is 3.28. The predicted octanol–water partition coefficient (Wildman–Crippen LogP) is 3.57. The normalized spacial score (nSPS) is 35.1. The number of hydrogen-bond donors (Lipinski definition) is 1. The number of rotatable bonds is 7. The quantitative estimate of drug-likeness (QED) is 0.343. The van der Waals surface area contributed by atoms with Gasteiger partial charge in [-0.3, -0.25) is 14.4 Å². The summed E-state index contributed by atoms with van der Waals surface area (Å²) >= 11 is 0. The van der Waals surface area contributed by atoms with Crippen LogP contribution in [0.5, 0.6) is 0 Å². The van der Waals surface area contributed by atoms with Gasteiger partial charge < -0.3 is 33.5 Å². The fourth-order valence-electron chi connectivity index (χ4n) is 7.95. The summed E-state index contributed by atoms with van der Waals surface area (Å²) in [5, 5.41) is 12.7. The second-order valence-electron chi connectivity index (χ2n) is 13.3. The third kappa shape index (κ3) is 5.57. The number of hydrogen-bond acceptors (Lipinski definition) is 12. The molecule has 0 radical (unpaired) electrons. The monoisotopic (exact) mass is 652 g/mol. The molecule has 2 aliphatic carbocycles. The minimum atomic E-state index is -2.16. The van der Waals surface area contributed by atoms with Gasteiger partial charge in [0.1, 0.15) is 17.3 Å². The minimum Gasteiger partial charge on any atom is -0.458 e. The van der Waals surface area contributed by atoms with E-state index in [1.54, 1.807) is 69.3 Å². The topological polar surface area (TPSA) is 161 Å². The van der Waals surface area contributed by atoms with Gasteiger partial charge in [-0.25, -0.2) is 9.59 Å². The summed E-state index contributed by atoms with van der Waals surface area (Å²) in [4.78, 5) is 65.5. The van der Waals surface area contributed by atoms with E-state index in [0.717, 1.165) is 13.8 Å². The summed E-state index contributed by atoms with van der Waals surface area (Å²) in [7, 11) is 0. The Morgan fingerprint density at radius 2 is 1.06 bits per heavy atom. The highest BCUT2D eigenvalue weighted by Gasteiger charge is 2.85. The van der Waals surface area contributed by atoms with E-state index in [2.05, 4.69) is 0 Å². The molecule has 9 atom stereocenters. The van der Waals surface area contributed by atoms with Gasteiger partial charge in [-0.2, -0.15) is 0 Å². The lowest BCUT2D eigenvalue weighted by Crippen LogP contribution is -2.84. The zero-order valence-electron chi connectivity index (χ0n) is 27.4. The van der Waals surface area contributed by atoms with Crippen LogP contribution in [0.3, 0.4) is 0 Å². The van der Waals surface area contributed by atoms with Gasteiger partial charge in [-0.1, -0.05) is 36.4 Å². The Morgan fingerprint density at radius 1 is 0.638 bits per heavy atom. The molecule has 3 fully saturated rings. The Labute approximate surface area is 272 Å². The molecule has 5 rings (SSSR count). The maximum absolute atomic E-state index is 13.8. The van der Waals surface area contributed by atoms with Crippen molar-refractivity contribution in [2.45, 2.75) is 102 Å². The summed E-state index contributed by atoms with van der Waals surface area (Å²) in [6.45, 7) is 9.89. The second kappa shape index (κ2) is 12.1. The minimum absolute atomic E-state index is 0.00915. The molecule has 0 aromatic heterocycles. The van der Waals surface area contributed by atoms with Gasteiger partial charge in [0.05, 0.1) is 22.1 Å². The number of carbonyl (C=O) groups is 5. The lowest BCUT2D eigenvalue weighted by Gasteiger charge is -2.66. The van der Waals surface area contributed by atoms with E-state index in [0.29, 0.717) is 0 Å². The van der Waals surface area contributed by atoms with Crippen LogP contribution in [0.4, 0.5) is 0 Å². The van der Waals surface area contributed by atoms with Crippen molar-refractivity contribution in [2.75, 3.05) is 0 Å². The van der Waals surface area contributed by atoms with Crippen molar-refractivity contribution in [3.05, 3.63) is 71.8 Å². The first-order chi connectivity index (χ1) is 22.0. The highest BCUT2D eigenvalue weighted by molar-refractivity contribution is 5.90. The molecule has 47 heavy (non-hydrogen) atoms. The molecule has 2 aromatic rings. The predicted molar refractivity (Wildman–Crippen MR) is 163 cm³/mol. The van der Waals surface area contributed by atoms with Gasteiger partial charge >= 0.3 is 29.8 Å². The van der Waals surface area contributed by atoms with E-state index >= 15 is 0 Å². The Hall–Kier alpha value is -4.29. The lowest BCUT2D eigenvalue weighted by molar-refractivity contribution is -0.356. The summed E-state index contributed by atoms with van der Waals surface area (Å²) < 4.78 is 36.7. The molecule has 3 aliphatic rings. The van der Waals surface area contributed by atoms with Crippen LogP contribution in [0.1, 0.15) is 75.6 Å². The molecule has 1 heterocycles.